The van der Waals surface area contributed by atoms with Gasteiger partial charge in [0.25, 0.3) is 0 Å². The molecule has 0 saturated carbocycles. The van der Waals surface area contributed by atoms with E-state index in [1.54, 1.807) is 12.1 Å². The summed E-state index contributed by atoms with van der Waals surface area (Å²) in [5.74, 6) is -0.631. The largest absolute Gasteiger partial charge is 0.369 e. The fourth-order valence-electron chi connectivity index (χ4n) is 2.76. The summed E-state index contributed by atoms with van der Waals surface area (Å²) in [5, 5.41) is 0. The molecule has 1 aromatic carbocycles. The highest BCUT2D eigenvalue weighted by Gasteiger charge is 2.29. The van der Waals surface area contributed by atoms with Crippen LogP contribution in [0.5, 0.6) is 0 Å². The van der Waals surface area contributed by atoms with Crippen LogP contribution in [0.1, 0.15) is 30.9 Å². The highest BCUT2D eigenvalue weighted by atomic mass is 19.1. The van der Waals surface area contributed by atoms with Crippen molar-refractivity contribution in [2.24, 2.45) is 17.4 Å². The van der Waals surface area contributed by atoms with Crippen LogP contribution in [0.2, 0.25) is 0 Å². The first kappa shape index (κ1) is 14.9. The molecule has 110 valence electrons. The smallest absolute Gasteiger partial charge is 0.221 e. The molecule has 0 spiro atoms. The normalized spacial score (nSPS) is 23.8. The van der Waals surface area contributed by atoms with Gasteiger partial charge in [0, 0.05) is 36.8 Å². The van der Waals surface area contributed by atoms with Gasteiger partial charge in [-0.05, 0) is 19.8 Å². The number of amides is 1. The number of hydrogen-bond acceptors (Lipinski definition) is 3. The molecule has 1 aliphatic rings. The number of primary amides is 1. The third-order valence-electron chi connectivity index (χ3n) is 4.17. The highest BCUT2D eigenvalue weighted by molar-refractivity contribution is 5.76. The Labute approximate surface area is 118 Å². The van der Waals surface area contributed by atoms with Crippen LogP contribution in [0, 0.1) is 11.7 Å². The SMILES string of the molecule is CC1CCC(C(N)=O)CN1Cc1cccc(CN)c1F. The minimum absolute atomic E-state index is 0.132. The van der Waals surface area contributed by atoms with E-state index in [4.69, 9.17) is 11.5 Å². The van der Waals surface area contributed by atoms with E-state index in [9.17, 15) is 9.18 Å². The maximum Gasteiger partial charge on any atom is 0.221 e. The number of hydrogen-bond donors (Lipinski definition) is 2. The monoisotopic (exact) mass is 279 g/mol. The van der Waals surface area contributed by atoms with Gasteiger partial charge in [0.2, 0.25) is 5.91 Å². The van der Waals surface area contributed by atoms with Crippen LogP contribution in [0.25, 0.3) is 0 Å². The number of rotatable bonds is 4. The van der Waals surface area contributed by atoms with Gasteiger partial charge < -0.3 is 11.5 Å². The molecule has 0 bridgehead atoms. The maximum atomic E-state index is 14.2. The number of nitrogens with zero attached hydrogens (tertiary/aromatic N) is 1. The number of likely N-dealkylation sites (tertiary alicyclic amines) is 1. The van der Waals surface area contributed by atoms with Crippen molar-refractivity contribution in [1.29, 1.82) is 0 Å². The van der Waals surface area contributed by atoms with Gasteiger partial charge in [-0.3, -0.25) is 9.69 Å². The molecule has 20 heavy (non-hydrogen) atoms. The van der Waals surface area contributed by atoms with Crippen LogP contribution in [0.15, 0.2) is 18.2 Å². The van der Waals surface area contributed by atoms with Crippen molar-refractivity contribution in [3.8, 4) is 0 Å². The molecule has 1 amide bonds. The molecule has 2 atom stereocenters. The van der Waals surface area contributed by atoms with E-state index in [0.29, 0.717) is 30.3 Å². The third-order valence-corrected chi connectivity index (χ3v) is 4.17. The lowest BCUT2D eigenvalue weighted by Crippen LogP contribution is -2.45. The average Bonchev–Trinajstić information content (AvgIpc) is 2.43. The molecule has 1 saturated heterocycles. The minimum Gasteiger partial charge on any atom is -0.369 e. The van der Waals surface area contributed by atoms with Gasteiger partial charge in [-0.1, -0.05) is 18.2 Å². The lowest BCUT2D eigenvalue weighted by molar-refractivity contribution is -0.124. The summed E-state index contributed by atoms with van der Waals surface area (Å²) in [6.45, 7) is 3.38. The van der Waals surface area contributed by atoms with Crippen LogP contribution < -0.4 is 11.5 Å². The van der Waals surface area contributed by atoms with Crippen LogP contribution in [-0.2, 0) is 17.9 Å². The maximum absolute atomic E-state index is 14.2. The van der Waals surface area contributed by atoms with Crippen molar-refractivity contribution in [3.63, 3.8) is 0 Å². The molecule has 4 N–H and O–H groups in total. The molecule has 0 radical (unpaired) electrons. The molecule has 1 aliphatic heterocycles. The Hall–Kier alpha value is -1.46. The molecule has 1 heterocycles. The zero-order valence-corrected chi connectivity index (χ0v) is 11.8. The number of halogens is 1. The average molecular weight is 279 g/mol. The summed E-state index contributed by atoms with van der Waals surface area (Å²) >= 11 is 0. The quantitative estimate of drug-likeness (QED) is 0.874. The Kier molecular flexibility index (Phi) is 4.73. The Morgan fingerprint density at radius 2 is 2.10 bits per heavy atom. The molecule has 2 rings (SSSR count). The first-order chi connectivity index (χ1) is 9.52. The molecule has 5 heteroatoms. The van der Waals surface area contributed by atoms with Crippen molar-refractivity contribution in [2.45, 2.75) is 38.9 Å². The van der Waals surface area contributed by atoms with Gasteiger partial charge in [-0.25, -0.2) is 4.39 Å². The number of benzene rings is 1. The van der Waals surface area contributed by atoms with Gasteiger partial charge in [-0.2, -0.15) is 0 Å². The lowest BCUT2D eigenvalue weighted by atomic mass is 9.92. The van der Waals surface area contributed by atoms with E-state index in [2.05, 4.69) is 11.8 Å². The van der Waals surface area contributed by atoms with E-state index < -0.39 is 0 Å². The second-order valence-corrected chi connectivity index (χ2v) is 5.55. The van der Waals surface area contributed by atoms with Crippen molar-refractivity contribution in [3.05, 3.63) is 35.1 Å². The first-order valence-electron chi connectivity index (χ1n) is 7.02. The zero-order valence-electron chi connectivity index (χ0n) is 11.8. The number of nitrogens with two attached hydrogens (primary N) is 2. The van der Waals surface area contributed by atoms with E-state index in [-0.39, 0.29) is 24.2 Å². The molecular formula is C15H22FN3O. The predicted molar refractivity (Wildman–Crippen MR) is 76.1 cm³/mol. The molecule has 0 aromatic heterocycles. The van der Waals surface area contributed by atoms with Crippen molar-refractivity contribution in [1.82, 2.24) is 4.90 Å². The number of piperidine rings is 1. The van der Waals surface area contributed by atoms with Crippen molar-refractivity contribution < 1.29 is 9.18 Å². The molecule has 0 aliphatic carbocycles. The van der Waals surface area contributed by atoms with E-state index >= 15 is 0 Å². The summed E-state index contributed by atoms with van der Waals surface area (Å²) in [4.78, 5) is 13.5. The summed E-state index contributed by atoms with van der Waals surface area (Å²) in [6, 6.07) is 5.62. The Balaban J connectivity index is 2.13. The Morgan fingerprint density at radius 3 is 2.75 bits per heavy atom. The molecule has 1 aromatic rings. The van der Waals surface area contributed by atoms with E-state index in [1.165, 1.54) is 0 Å². The molecule has 1 fully saturated rings. The molecular weight excluding hydrogens is 257 g/mol. The summed E-state index contributed by atoms with van der Waals surface area (Å²) < 4.78 is 14.2. The molecule has 2 unspecified atom stereocenters. The van der Waals surface area contributed by atoms with E-state index in [1.807, 2.05) is 6.07 Å². The second-order valence-electron chi connectivity index (χ2n) is 5.55. The van der Waals surface area contributed by atoms with Gasteiger partial charge in [0.15, 0.2) is 0 Å². The predicted octanol–water partition coefficient (Wildman–Crippen LogP) is 1.37. The van der Waals surface area contributed by atoms with Crippen LogP contribution in [0.3, 0.4) is 0 Å². The van der Waals surface area contributed by atoms with Crippen LogP contribution in [-0.4, -0.2) is 23.4 Å². The van der Waals surface area contributed by atoms with Crippen LogP contribution in [0.4, 0.5) is 4.39 Å². The Bertz CT molecular complexity index is 492. The summed E-state index contributed by atoms with van der Waals surface area (Å²) in [7, 11) is 0. The number of carbonyl (C=O) groups is 1. The standard InChI is InChI=1S/C15H22FN3O/c1-10-5-6-13(15(18)20)9-19(10)8-12-4-2-3-11(7-17)14(12)16/h2-4,10,13H,5-9,17H2,1H3,(H2,18,20). The van der Waals surface area contributed by atoms with Crippen LogP contribution >= 0.6 is 0 Å². The van der Waals surface area contributed by atoms with Crippen molar-refractivity contribution >= 4 is 5.91 Å². The van der Waals surface area contributed by atoms with Gasteiger partial charge >= 0.3 is 0 Å². The van der Waals surface area contributed by atoms with Gasteiger partial charge in [0.1, 0.15) is 5.82 Å². The summed E-state index contributed by atoms with van der Waals surface area (Å²) in [5.41, 5.74) is 12.1. The fraction of sp³-hybridized carbons (Fsp3) is 0.533. The highest BCUT2D eigenvalue weighted by Crippen LogP contribution is 2.24. The van der Waals surface area contributed by atoms with Crippen molar-refractivity contribution in [2.75, 3.05) is 6.54 Å². The van der Waals surface area contributed by atoms with Gasteiger partial charge in [0.05, 0.1) is 5.92 Å². The summed E-state index contributed by atoms with van der Waals surface area (Å²) in [6.07, 6.45) is 1.73. The Morgan fingerprint density at radius 1 is 1.40 bits per heavy atom. The fourth-order valence-corrected chi connectivity index (χ4v) is 2.76. The molecule has 4 nitrogen and oxygen atoms in total. The topological polar surface area (TPSA) is 72.4 Å². The minimum atomic E-state index is -0.266. The number of carbonyl (C=O) groups excluding carboxylic acids is 1. The van der Waals surface area contributed by atoms with E-state index in [0.717, 1.165) is 12.8 Å². The van der Waals surface area contributed by atoms with Gasteiger partial charge in [-0.15, -0.1) is 0 Å². The zero-order chi connectivity index (χ0) is 14.7. The first-order valence-corrected chi connectivity index (χ1v) is 7.02. The second kappa shape index (κ2) is 6.33. The third kappa shape index (κ3) is 3.16. The lowest BCUT2D eigenvalue weighted by Gasteiger charge is -2.37.